The van der Waals surface area contributed by atoms with Crippen molar-refractivity contribution in [1.82, 2.24) is 4.41 Å². The van der Waals surface area contributed by atoms with Crippen LogP contribution >= 0.6 is 0 Å². The van der Waals surface area contributed by atoms with Crippen molar-refractivity contribution in [2.45, 2.75) is 44.4 Å². The molecule has 19 heavy (non-hydrogen) atoms. The highest BCUT2D eigenvalue weighted by Gasteiger charge is 2.25. The first kappa shape index (κ1) is 15.7. The third kappa shape index (κ3) is 4.04. The summed E-state index contributed by atoms with van der Waals surface area (Å²) < 4.78 is 24.5. The van der Waals surface area contributed by atoms with Crippen molar-refractivity contribution in [2.75, 3.05) is 0 Å². The predicted molar refractivity (Wildman–Crippen MR) is 73.5 cm³/mol. The Kier molecular flexibility index (Phi) is 5.50. The SMILES string of the molecule is CCCCCC(=O)N(N)S(=O)(=O)c1ccc(C)cc1. The largest absolute Gasteiger partial charge is 0.280 e. The third-order valence-electron chi connectivity index (χ3n) is 2.82. The lowest BCUT2D eigenvalue weighted by Crippen LogP contribution is -2.42. The molecule has 6 heteroatoms. The maximum absolute atomic E-state index is 12.1. The van der Waals surface area contributed by atoms with Crippen LogP contribution in [-0.4, -0.2) is 18.7 Å². The summed E-state index contributed by atoms with van der Waals surface area (Å²) in [5.41, 5.74) is 0.941. The van der Waals surface area contributed by atoms with E-state index < -0.39 is 15.9 Å². The van der Waals surface area contributed by atoms with Crippen molar-refractivity contribution in [2.24, 2.45) is 5.84 Å². The number of aryl methyl sites for hydroxylation is 1. The Balaban J connectivity index is 2.82. The van der Waals surface area contributed by atoms with E-state index in [4.69, 9.17) is 5.84 Å². The van der Waals surface area contributed by atoms with Gasteiger partial charge in [-0.3, -0.25) is 4.79 Å². The second-order valence-electron chi connectivity index (χ2n) is 4.46. The van der Waals surface area contributed by atoms with Crippen molar-refractivity contribution >= 4 is 15.9 Å². The molecule has 1 aromatic carbocycles. The van der Waals surface area contributed by atoms with Crippen LogP contribution in [0, 0.1) is 6.92 Å². The number of nitrogens with two attached hydrogens (primary N) is 1. The highest BCUT2D eigenvalue weighted by molar-refractivity contribution is 7.89. The Morgan fingerprint density at radius 3 is 2.32 bits per heavy atom. The molecule has 0 atom stereocenters. The molecule has 2 N–H and O–H groups in total. The molecule has 0 bridgehead atoms. The van der Waals surface area contributed by atoms with Crippen LogP contribution in [0.15, 0.2) is 29.2 Å². The number of hydrogen-bond donors (Lipinski definition) is 1. The maximum atomic E-state index is 12.1. The van der Waals surface area contributed by atoms with Crippen molar-refractivity contribution in [1.29, 1.82) is 0 Å². The Morgan fingerprint density at radius 2 is 1.79 bits per heavy atom. The van der Waals surface area contributed by atoms with Gasteiger partial charge in [-0.15, -0.1) is 0 Å². The summed E-state index contributed by atoms with van der Waals surface area (Å²) >= 11 is 0. The van der Waals surface area contributed by atoms with Gasteiger partial charge in [-0.1, -0.05) is 37.5 Å². The number of nitrogens with zero attached hydrogens (tertiary/aromatic N) is 1. The zero-order valence-electron chi connectivity index (χ0n) is 11.3. The van der Waals surface area contributed by atoms with Crippen molar-refractivity contribution < 1.29 is 13.2 Å². The lowest BCUT2D eigenvalue weighted by Gasteiger charge is -2.16. The molecule has 0 radical (unpaired) electrons. The van der Waals surface area contributed by atoms with Crippen molar-refractivity contribution in [3.05, 3.63) is 29.8 Å². The number of unbranched alkanes of at least 4 members (excludes halogenated alkanes) is 2. The van der Waals surface area contributed by atoms with Crippen LogP contribution in [0.5, 0.6) is 0 Å². The molecule has 0 aliphatic carbocycles. The lowest BCUT2D eigenvalue weighted by molar-refractivity contribution is -0.126. The number of hydrazine groups is 1. The van der Waals surface area contributed by atoms with Gasteiger partial charge in [0.05, 0.1) is 4.90 Å². The van der Waals surface area contributed by atoms with Crippen molar-refractivity contribution in [3.8, 4) is 0 Å². The molecular formula is C13H20N2O3S. The van der Waals surface area contributed by atoms with Crippen LogP contribution < -0.4 is 5.84 Å². The number of carbonyl (C=O) groups excluding carboxylic acids is 1. The van der Waals surface area contributed by atoms with Gasteiger partial charge in [0.25, 0.3) is 15.9 Å². The zero-order valence-corrected chi connectivity index (χ0v) is 12.1. The lowest BCUT2D eigenvalue weighted by atomic mass is 10.2. The molecule has 0 aliphatic rings. The van der Waals surface area contributed by atoms with Gasteiger partial charge in [0.2, 0.25) is 0 Å². The summed E-state index contributed by atoms with van der Waals surface area (Å²) in [7, 11) is -3.93. The number of rotatable bonds is 6. The first-order valence-corrected chi connectivity index (χ1v) is 7.73. The average Bonchev–Trinajstić information content (AvgIpc) is 2.38. The summed E-state index contributed by atoms with van der Waals surface area (Å²) in [5, 5.41) is 0. The second kappa shape index (κ2) is 6.68. The van der Waals surface area contributed by atoms with Gasteiger partial charge in [-0.25, -0.2) is 5.84 Å². The summed E-state index contributed by atoms with van der Waals surface area (Å²) in [6, 6.07) is 6.23. The molecule has 0 heterocycles. The first-order chi connectivity index (χ1) is 8.89. The van der Waals surface area contributed by atoms with Gasteiger partial charge < -0.3 is 0 Å². The smallest absolute Gasteiger partial charge is 0.272 e. The van der Waals surface area contributed by atoms with E-state index in [1.54, 1.807) is 12.1 Å². The van der Waals surface area contributed by atoms with E-state index in [2.05, 4.69) is 0 Å². The first-order valence-electron chi connectivity index (χ1n) is 6.29. The number of sulfonamides is 1. The molecule has 0 aromatic heterocycles. The fraction of sp³-hybridized carbons (Fsp3) is 0.462. The quantitative estimate of drug-likeness (QED) is 0.375. The van der Waals surface area contributed by atoms with Gasteiger partial charge in [0.15, 0.2) is 0 Å². The van der Waals surface area contributed by atoms with Gasteiger partial charge in [-0.05, 0) is 25.5 Å². The van der Waals surface area contributed by atoms with Gasteiger partial charge in [0.1, 0.15) is 0 Å². The average molecular weight is 284 g/mol. The molecule has 0 saturated heterocycles. The zero-order chi connectivity index (χ0) is 14.5. The topological polar surface area (TPSA) is 80.5 Å². The van der Waals surface area contributed by atoms with Crippen LogP contribution in [0.3, 0.4) is 0 Å². The Hall–Kier alpha value is -1.40. The number of amides is 1. The predicted octanol–water partition coefficient (Wildman–Crippen LogP) is 1.97. The second-order valence-corrected chi connectivity index (χ2v) is 6.28. The van der Waals surface area contributed by atoms with Crippen LogP contribution in [0.25, 0.3) is 0 Å². The minimum absolute atomic E-state index is 0.0319. The van der Waals surface area contributed by atoms with Crippen molar-refractivity contribution in [3.63, 3.8) is 0 Å². The monoisotopic (exact) mass is 284 g/mol. The fourth-order valence-corrected chi connectivity index (χ4v) is 2.66. The van der Waals surface area contributed by atoms with Gasteiger partial charge >= 0.3 is 0 Å². The normalized spacial score (nSPS) is 11.3. The highest BCUT2D eigenvalue weighted by Crippen LogP contribution is 2.15. The van der Waals surface area contributed by atoms with E-state index in [-0.39, 0.29) is 11.3 Å². The maximum Gasteiger partial charge on any atom is 0.280 e. The minimum atomic E-state index is -3.93. The number of benzene rings is 1. The fourth-order valence-electron chi connectivity index (χ4n) is 1.59. The van der Waals surface area contributed by atoms with E-state index >= 15 is 0 Å². The van der Waals surface area contributed by atoms with Gasteiger partial charge in [0, 0.05) is 6.42 Å². The molecule has 106 valence electrons. The summed E-state index contributed by atoms with van der Waals surface area (Å²) in [6.45, 7) is 3.86. The number of hydrogen-bond acceptors (Lipinski definition) is 4. The van der Waals surface area contributed by atoms with E-state index in [0.717, 1.165) is 18.4 Å². The molecule has 0 spiro atoms. The molecular weight excluding hydrogens is 264 g/mol. The van der Waals surface area contributed by atoms with Gasteiger partial charge in [-0.2, -0.15) is 12.8 Å². The molecule has 1 rings (SSSR count). The molecule has 1 amide bonds. The minimum Gasteiger partial charge on any atom is -0.272 e. The van der Waals surface area contributed by atoms with Crippen LogP contribution in [0.2, 0.25) is 0 Å². The summed E-state index contributed by atoms with van der Waals surface area (Å²) in [5.74, 6) is 4.87. The molecule has 5 nitrogen and oxygen atoms in total. The summed E-state index contributed by atoms with van der Waals surface area (Å²) in [4.78, 5) is 11.8. The molecule has 1 aromatic rings. The van der Waals surface area contributed by atoms with E-state index in [0.29, 0.717) is 10.8 Å². The van der Waals surface area contributed by atoms with Crippen LogP contribution in [0.1, 0.15) is 38.2 Å². The Bertz CT molecular complexity index is 523. The van der Waals surface area contributed by atoms with E-state index in [1.807, 2.05) is 13.8 Å². The van der Waals surface area contributed by atoms with Crippen LogP contribution in [-0.2, 0) is 14.8 Å². The standard InChI is InChI=1S/C13H20N2O3S/c1-3-4-5-6-13(16)15(14)19(17,18)12-9-7-11(2)8-10-12/h7-10H,3-6,14H2,1-2H3. The highest BCUT2D eigenvalue weighted by atomic mass is 32.2. The summed E-state index contributed by atoms with van der Waals surface area (Å²) in [6.07, 6.45) is 2.63. The van der Waals surface area contributed by atoms with Crippen LogP contribution in [0.4, 0.5) is 0 Å². The van der Waals surface area contributed by atoms with E-state index in [9.17, 15) is 13.2 Å². The third-order valence-corrected chi connectivity index (χ3v) is 4.41. The molecule has 0 saturated carbocycles. The molecule has 0 aliphatic heterocycles. The van der Waals surface area contributed by atoms with E-state index in [1.165, 1.54) is 12.1 Å². The Labute approximate surface area is 114 Å². The molecule has 0 fully saturated rings. The number of carbonyl (C=O) groups is 1. The molecule has 0 unspecified atom stereocenters. The Morgan fingerprint density at radius 1 is 1.21 bits per heavy atom.